The molecule has 8 atom stereocenters. The van der Waals surface area contributed by atoms with Crippen LogP contribution in [-0.4, -0.2) is 94.3 Å². The molecule has 0 aromatic rings. The SMILES string of the molecule is C.C.COC(=O)C1=CO[C@@H](O)[C@@H]2C(CO)=CC[C@H]12.COC(=O)C1=CO[C@@H](O)[C@H]2[C@@H]1C[C@H](O)[C@@]2(O)CO. The number of hydrogen-bond acceptors (Lipinski definition) is 12. The smallest absolute Gasteiger partial charge is 0.337 e. The maximum atomic E-state index is 11.5. The predicted molar refractivity (Wildman–Crippen MR) is 124 cm³/mol. The Hall–Kier alpha value is -2.48. The number of fused-ring (bicyclic) bond motifs is 2. The van der Waals surface area contributed by atoms with E-state index >= 15 is 0 Å². The third-order valence-electron chi connectivity index (χ3n) is 6.92. The van der Waals surface area contributed by atoms with E-state index in [2.05, 4.69) is 9.47 Å². The minimum atomic E-state index is -1.89. The molecule has 0 bridgehead atoms. The highest BCUT2D eigenvalue weighted by molar-refractivity contribution is 5.89. The van der Waals surface area contributed by atoms with Gasteiger partial charge in [0.15, 0.2) is 0 Å². The molecule has 4 aliphatic rings. The maximum Gasteiger partial charge on any atom is 0.337 e. The fourth-order valence-electron chi connectivity index (χ4n) is 5.10. The van der Waals surface area contributed by atoms with E-state index in [1.807, 2.05) is 6.08 Å². The maximum absolute atomic E-state index is 11.5. The minimum Gasteiger partial charge on any atom is -0.472 e. The van der Waals surface area contributed by atoms with Gasteiger partial charge in [-0.05, 0) is 18.4 Å². The Kier molecular flexibility index (Phi) is 11.1. The molecule has 2 aliphatic carbocycles. The van der Waals surface area contributed by atoms with Gasteiger partial charge < -0.3 is 49.6 Å². The number of carbonyl (C=O) groups excluding carboxylic acids is 2. The van der Waals surface area contributed by atoms with Crippen LogP contribution >= 0.6 is 0 Å². The second-order valence-corrected chi connectivity index (χ2v) is 8.52. The average Bonchev–Trinajstić information content (AvgIpc) is 3.39. The van der Waals surface area contributed by atoms with E-state index in [4.69, 9.17) is 14.6 Å². The number of esters is 2. The molecule has 12 nitrogen and oxygen atoms in total. The molecule has 1 fully saturated rings. The van der Waals surface area contributed by atoms with Crippen LogP contribution in [0.4, 0.5) is 0 Å². The zero-order chi connectivity index (χ0) is 25.2. The Balaban J connectivity index is 0.000000343. The number of methoxy groups -OCH3 is 2. The highest BCUT2D eigenvalue weighted by Gasteiger charge is 2.60. The zero-order valence-corrected chi connectivity index (χ0v) is 18.7. The molecule has 12 heteroatoms. The summed E-state index contributed by atoms with van der Waals surface area (Å²) < 4.78 is 19.1. The molecular weight excluding hydrogens is 480 g/mol. The summed E-state index contributed by atoms with van der Waals surface area (Å²) in [6.45, 7) is -0.861. The van der Waals surface area contributed by atoms with Gasteiger partial charge in [-0.2, -0.15) is 0 Å². The van der Waals surface area contributed by atoms with Gasteiger partial charge in [0.2, 0.25) is 12.6 Å². The number of allylic oxidation sites excluding steroid dienone is 1. The molecule has 2 heterocycles. The minimum absolute atomic E-state index is 0. The quantitative estimate of drug-likeness (QED) is 0.203. The summed E-state index contributed by atoms with van der Waals surface area (Å²) in [7, 11) is 2.51. The first-order chi connectivity index (χ1) is 16.1. The van der Waals surface area contributed by atoms with Crippen molar-refractivity contribution in [2.75, 3.05) is 27.4 Å². The Morgan fingerprint density at radius 3 is 2.00 bits per heavy atom. The lowest BCUT2D eigenvalue weighted by Crippen LogP contribution is -2.53. The fraction of sp³-hybridized carbons (Fsp3) is 0.667. The van der Waals surface area contributed by atoms with Crippen LogP contribution in [0.15, 0.2) is 35.3 Å². The van der Waals surface area contributed by atoms with Crippen LogP contribution in [0.5, 0.6) is 0 Å². The highest BCUT2D eigenvalue weighted by atomic mass is 16.6. The normalized spacial score (nSPS) is 35.8. The molecule has 0 radical (unpaired) electrons. The van der Waals surface area contributed by atoms with Crippen molar-refractivity contribution in [1.29, 1.82) is 0 Å². The van der Waals surface area contributed by atoms with Gasteiger partial charge in [-0.1, -0.05) is 20.9 Å². The van der Waals surface area contributed by atoms with Gasteiger partial charge in [0.1, 0.15) is 5.60 Å². The van der Waals surface area contributed by atoms with Crippen LogP contribution in [0, 0.1) is 23.7 Å². The van der Waals surface area contributed by atoms with Gasteiger partial charge in [-0.15, -0.1) is 0 Å². The highest BCUT2D eigenvalue weighted by Crippen LogP contribution is 2.48. The number of aliphatic hydroxyl groups excluding tert-OH is 5. The number of aliphatic hydroxyl groups is 6. The molecule has 4 rings (SSSR count). The van der Waals surface area contributed by atoms with Gasteiger partial charge in [0.05, 0.1) is 69.0 Å². The zero-order valence-electron chi connectivity index (χ0n) is 18.7. The predicted octanol–water partition coefficient (Wildman–Crippen LogP) is -0.669. The van der Waals surface area contributed by atoms with Gasteiger partial charge in [0, 0.05) is 11.8 Å². The lowest BCUT2D eigenvalue weighted by Gasteiger charge is -2.37. The van der Waals surface area contributed by atoms with Gasteiger partial charge in [-0.25, -0.2) is 9.59 Å². The van der Waals surface area contributed by atoms with E-state index in [-0.39, 0.29) is 45.3 Å². The Bertz CT molecular complexity index is 880. The second-order valence-electron chi connectivity index (χ2n) is 8.52. The van der Waals surface area contributed by atoms with Crippen molar-refractivity contribution in [3.63, 3.8) is 0 Å². The Morgan fingerprint density at radius 1 is 0.972 bits per heavy atom. The summed E-state index contributed by atoms with van der Waals surface area (Å²) in [5, 5.41) is 57.8. The molecule has 0 unspecified atom stereocenters. The van der Waals surface area contributed by atoms with Crippen LogP contribution in [0.1, 0.15) is 27.7 Å². The summed E-state index contributed by atoms with van der Waals surface area (Å²) >= 11 is 0. The van der Waals surface area contributed by atoms with E-state index in [0.717, 1.165) is 6.26 Å². The largest absolute Gasteiger partial charge is 0.472 e. The summed E-state index contributed by atoms with van der Waals surface area (Å²) in [5.74, 6) is -3.19. The van der Waals surface area contributed by atoms with Crippen molar-refractivity contribution >= 4 is 11.9 Å². The van der Waals surface area contributed by atoms with E-state index < -0.39 is 54.7 Å². The summed E-state index contributed by atoms with van der Waals surface area (Å²) in [6, 6.07) is 0. The lowest BCUT2D eigenvalue weighted by molar-refractivity contribution is -0.196. The van der Waals surface area contributed by atoms with Crippen LogP contribution in [0.2, 0.25) is 0 Å². The van der Waals surface area contributed by atoms with Crippen molar-refractivity contribution in [2.24, 2.45) is 23.7 Å². The molecule has 36 heavy (non-hydrogen) atoms. The molecule has 0 aromatic heterocycles. The number of carbonyl (C=O) groups is 2. The van der Waals surface area contributed by atoms with Crippen molar-refractivity contribution in [2.45, 2.75) is 52.0 Å². The van der Waals surface area contributed by atoms with E-state index in [1.54, 1.807) is 0 Å². The third-order valence-corrected chi connectivity index (χ3v) is 6.92. The summed E-state index contributed by atoms with van der Waals surface area (Å²) in [5.41, 5.74) is -0.627. The standard InChI is InChI=1S/C11H16O7.C11H14O5.2CH4/c1-17-9(14)6-3-18-10(15)8-5(6)2-7(13)11(8,16)4-12;1-15-10(13)8-5-16-11(14)9-6(4-12)2-3-7(8)9;;/h3,5,7-8,10,12-13,15-16H,2,4H2,1H3;2,5,7,9,11-12,14H,3-4H2,1H3;2*1H4/t5-,7+,8-,10-,11+;7-,9-,11-;;/m11../s1. The van der Waals surface area contributed by atoms with Crippen molar-refractivity contribution < 1.29 is 59.2 Å². The molecule has 0 saturated heterocycles. The third kappa shape index (κ3) is 5.43. The average molecular weight is 519 g/mol. The van der Waals surface area contributed by atoms with Crippen LogP contribution < -0.4 is 0 Å². The summed E-state index contributed by atoms with van der Waals surface area (Å²) in [6.07, 6.45) is 1.19. The Labute approximate surface area is 210 Å². The molecule has 6 N–H and O–H groups in total. The Morgan fingerprint density at radius 2 is 1.50 bits per heavy atom. The topological polar surface area (TPSA) is 192 Å². The second kappa shape index (κ2) is 12.7. The van der Waals surface area contributed by atoms with Crippen molar-refractivity contribution in [3.8, 4) is 0 Å². The van der Waals surface area contributed by atoms with Crippen LogP contribution in [0.3, 0.4) is 0 Å². The van der Waals surface area contributed by atoms with Gasteiger partial charge >= 0.3 is 11.9 Å². The van der Waals surface area contributed by atoms with E-state index in [0.29, 0.717) is 17.6 Å². The van der Waals surface area contributed by atoms with Gasteiger partial charge in [0.25, 0.3) is 0 Å². The first-order valence-corrected chi connectivity index (χ1v) is 10.7. The van der Waals surface area contributed by atoms with Gasteiger partial charge in [-0.3, -0.25) is 0 Å². The number of hydrogen-bond donors (Lipinski definition) is 6. The fourth-order valence-corrected chi connectivity index (χ4v) is 5.10. The molecule has 206 valence electrons. The van der Waals surface area contributed by atoms with Crippen molar-refractivity contribution in [1.82, 2.24) is 0 Å². The molecule has 0 spiro atoms. The molecule has 2 aliphatic heterocycles. The monoisotopic (exact) mass is 518 g/mol. The molecule has 0 aromatic carbocycles. The first kappa shape index (κ1) is 31.5. The lowest BCUT2D eigenvalue weighted by atomic mass is 9.80. The number of rotatable bonds is 4. The van der Waals surface area contributed by atoms with E-state index in [1.165, 1.54) is 20.5 Å². The number of ether oxygens (including phenoxy) is 4. The molecule has 0 amide bonds. The molecular formula is C24H38O12. The summed E-state index contributed by atoms with van der Waals surface area (Å²) in [4.78, 5) is 23.0. The van der Waals surface area contributed by atoms with E-state index in [9.17, 15) is 35.1 Å². The van der Waals surface area contributed by atoms with Crippen LogP contribution in [-0.2, 0) is 28.5 Å². The molecule has 1 saturated carbocycles. The van der Waals surface area contributed by atoms with Crippen molar-refractivity contribution in [3.05, 3.63) is 35.3 Å². The first-order valence-electron chi connectivity index (χ1n) is 10.7. The van der Waals surface area contributed by atoms with Crippen LogP contribution in [0.25, 0.3) is 0 Å².